The van der Waals surface area contributed by atoms with Crippen LogP contribution >= 0.6 is 0 Å². The Kier molecular flexibility index (Phi) is 3.99. The Morgan fingerprint density at radius 1 is 1.32 bits per heavy atom. The largest absolute Gasteiger partial charge is 0.438 e. The first kappa shape index (κ1) is 15.8. The summed E-state index contributed by atoms with van der Waals surface area (Å²) in [7, 11) is 0. The van der Waals surface area contributed by atoms with Crippen LogP contribution in [-0.2, 0) is 4.79 Å². The Morgan fingerprint density at radius 3 is 2.96 bits per heavy atom. The number of benzene rings is 2. The topological polar surface area (TPSA) is 46.3 Å². The minimum absolute atomic E-state index is 0.100. The molecule has 128 valence electrons. The molecule has 0 radical (unpaired) electrons. The molecule has 0 spiro atoms. The van der Waals surface area contributed by atoms with Gasteiger partial charge in [0.1, 0.15) is 17.4 Å². The highest BCUT2D eigenvalue weighted by Gasteiger charge is 2.32. The van der Waals surface area contributed by atoms with Crippen LogP contribution < -0.4 is 0 Å². The molecule has 1 saturated heterocycles. The van der Waals surface area contributed by atoms with E-state index < -0.39 is 0 Å². The summed E-state index contributed by atoms with van der Waals surface area (Å²) in [5.41, 5.74) is 2.65. The Hall–Kier alpha value is -2.69. The average Bonchev–Trinajstić information content (AvgIpc) is 3.27. The Balaban J connectivity index is 1.71. The zero-order valence-electron chi connectivity index (χ0n) is 14.0. The van der Waals surface area contributed by atoms with Crippen LogP contribution in [0.1, 0.15) is 38.1 Å². The fraction of sp³-hybridized carbons (Fsp3) is 0.300. The van der Waals surface area contributed by atoms with Crippen molar-refractivity contribution in [2.75, 3.05) is 6.54 Å². The molecule has 25 heavy (non-hydrogen) atoms. The van der Waals surface area contributed by atoms with Gasteiger partial charge >= 0.3 is 0 Å². The van der Waals surface area contributed by atoms with Gasteiger partial charge in [-0.1, -0.05) is 31.2 Å². The maximum Gasteiger partial charge on any atom is 0.222 e. The van der Waals surface area contributed by atoms with Gasteiger partial charge in [-0.15, -0.1) is 0 Å². The molecule has 1 fully saturated rings. The highest BCUT2D eigenvalue weighted by molar-refractivity contribution is 5.81. The van der Waals surface area contributed by atoms with Crippen molar-refractivity contribution in [1.29, 1.82) is 0 Å². The van der Waals surface area contributed by atoms with Crippen molar-refractivity contribution in [2.24, 2.45) is 0 Å². The molecule has 1 amide bonds. The summed E-state index contributed by atoms with van der Waals surface area (Å²) < 4.78 is 19.9. The number of aromatic nitrogens is 1. The first-order valence-electron chi connectivity index (χ1n) is 8.62. The number of rotatable bonds is 3. The van der Waals surface area contributed by atoms with Gasteiger partial charge in [0.15, 0.2) is 5.58 Å². The fourth-order valence-corrected chi connectivity index (χ4v) is 3.48. The lowest BCUT2D eigenvalue weighted by Gasteiger charge is -2.21. The normalized spacial score (nSPS) is 17.4. The average molecular weight is 338 g/mol. The minimum atomic E-state index is -0.263. The molecule has 0 aliphatic carbocycles. The summed E-state index contributed by atoms with van der Waals surface area (Å²) >= 11 is 0. The monoisotopic (exact) mass is 338 g/mol. The van der Waals surface area contributed by atoms with Crippen molar-refractivity contribution < 1.29 is 13.6 Å². The van der Waals surface area contributed by atoms with E-state index >= 15 is 0 Å². The summed E-state index contributed by atoms with van der Waals surface area (Å²) in [5, 5.41) is 0. The molecule has 0 bridgehead atoms. The van der Waals surface area contributed by atoms with Gasteiger partial charge in [0.05, 0.1) is 0 Å². The molecule has 1 unspecified atom stereocenters. The quantitative estimate of drug-likeness (QED) is 0.695. The predicted octanol–water partition coefficient (Wildman–Crippen LogP) is 4.71. The summed E-state index contributed by atoms with van der Waals surface area (Å²) in [6, 6.07) is 12.1. The highest BCUT2D eigenvalue weighted by Crippen LogP contribution is 2.34. The third-order valence-corrected chi connectivity index (χ3v) is 4.75. The second-order valence-corrected chi connectivity index (χ2v) is 6.31. The number of hydrogen-bond acceptors (Lipinski definition) is 3. The number of amides is 1. The predicted molar refractivity (Wildman–Crippen MR) is 93.4 cm³/mol. The van der Waals surface area contributed by atoms with Crippen LogP contribution in [0.3, 0.4) is 0 Å². The number of halogens is 1. The molecule has 2 aromatic carbocycles. The van der Waals surface area contributed by atoms with Crippen molar-refractivity contribution >= 4 is 17.0 Å². The fourth-order valence-electron chi connectivity index (χ4n) is 3.48. The zero-order valence-corrected chi connectivity index (χ0v) is 14.0. The van der Waals surface area contributed by atoms with E-state index in [2.05, 4.69) is 4.98 Å². The molecule has 5 heteroatoms. The maximum absolute atomic E-state index is 14.0. The zero-order chi connectivity index (χ0) is 17.4. The van der Waals surface area contributed by atoms with Crippen LogP contribution in [0.5, 0.6) is 0 Å². The highest BCUT2D eigenvalue weighted by atomic mass is 19.1. The van der Waals surface area contributed by atoms with E-state index in [0.717, 1.165) is 24.9 Å². The number of nitrogens with zero attached hydrogens (tertiary/aromatic N) is 2. The second-order valence-electron chi connectivity index (χ2n) is 6.31. The number of likely N-dealkylation sites (tertiary alicyclic amines) is 1. The van der Waals surface area contributed by atoms with Crippen LogP contribution in [0.4, 0.5) is 4.39 Å². The van der Waals surface area contributed by atoms with Gasteiger partial charge in [-0.25, -0.2) is 9.37 Å². The molecule has 1 aromatic heterocycles. The summed E-state index contributed by atoms with van der Waals surface area (Å²) in [6.45, 7) is 2.61. The molecule has 0 saturated carbocycles. The van der Waals surface area contributed by atoms with E-state index in [4.69, 9.17) is 4.42 Å². The number of carbonyl (C=O) groups excluding carboxylic acids is 1. The summed E-state index contributed by atoms with van der Waals surface area (Å²) in [4.78, 5) is 18.5. The maximum atomic E-state index is 14.0. The second kappa shape index (κ2) is 6.31. The molecular weight excluding hydrogens is 319 g/mol. The third kappa shape index (κ3) is 2.80. The SMILES string of the molecule is CCC(=O)N1CCCC1c1nc2cc(-c3ccccc3F)ccc2o1. The van der Waals surface area contributed by atoms with Gasteiger partial charge in [0.2, 0.25) is 11.8 Å². The summed E-state index contributed by atoms with van der Waals surface area (Å²) in [6.07, 6.45) is 2.29. The van der Waals surface area contributed by atoms with Crippen molar-refractivity contribution in [3.8, 4) is 11.1 Å². The van der Waals surface area contributed by atoms with Crippen LogP contribution in [0.2, 0.25) is 0 Å². The Morgan fingerprint density at radius 2 is 2.16 bits per heavy atom. The van der Waals surface area contributed by atoms with Gasteiger partial charge in [0.25, 0.3) is 0 Å². The minimum Gasteiger partial charge on any atom is -0.438 e. The van der Waals surface area contributed by atoms with E-state index in [0.29, 0.717) is 29.0 Å². The molecule has 0 N–H and O–H groups in total. The lowest BCUT2D eigenvalue weighted by Crippen LogP contribution is -2.29. The van der Waals surface area contributed by atoms with Gasteiger partial charge in [-0.3, -0.25) is 4.79 Å². The molecule has 1 atom stereocenters. The van der Waals surface area contributed by atoms with Gasteiger partial charge in [-0.05, 0) is 36.6 Å². The van der Waals surface area contributed by atoms with E-state index in [9.17, 15) is 9.18 Å². The molecule has 4 nitrogen and oxygen atoms in total. The van der Waals surface area contributed by atoms with Crippen molar-refractivity contribution in [3.05, 3.63) is 54.2 Å². The smallest absolute Gasteiger partial charge is 0.222 e. The number of oxazole rings is 1. The van der Waals surface area contributed by atoms with E-state index in [1.807, 2.05) is 36.1 Å². The van der Waals surface area contributed by atoms with Crippen LogP contribution in [0.25, 0.3) is 22.2 Å². The van der Waals surface area contributed by atoms with E-state index in [1.165, 1.54) is 6.07 Å². The standard InChI is InChI=1S/C20H19FN2O2/c1-2-19(24)23-11-5-8-17(23)20-22-16-12-13(9-10-18(16)25-20)14-6-3-4-7-15(14)21/h3-4,6-7,9-10,12,17H,2,5,8,11H2,1H3. The van der Waals surface area contributed by atoms with Crippen molar-refractivity contribution in [2.45, 2.75) is 32.2 Å². The first-order chi connectivity index (χ1) is 12.2. The molecule has 1 aliphatic heterocycles. The van der Waals surface area contributed by atoms with E-state index in [1.54, 1.807) is 12.1 Å². The van der Waals surface area contributed by atoms with Crippen LogP contribution in [0, 0.1) is 5.82 Å². The number of fused-ring (bicyclic) bond motifs is 1. The van der Waals surface area contributed by atoms with Gasteiger partial charge in [0, 0.05) is 18.5 Å². The van der Waals surface area contributed by atoms with Crippen LogP contribution in [0.15, 0.2) is 46.9 Å². The third-order valence-electron chi connectivity index (χ3n) is 4.75. The number of carbonyl (C=O) groups is 1. The lowest BCUT2D eigenvalue weighted by molar-refractivity contribution is -0.132. The molecule has 4 rings (SSSR count). The van der Waals surface area contributed by atoms with E-state index in [-0.39, 0.29) is 17.8 Å². The lowest BCUT2D eigenvalue weighted by atomic mass is 10.0. The van der Waals surface area contributed by atoms with Gasteiger partial charge < -0.3 is 9.32 Å². The Bertz CT molecular complexity index is 934. The van der Waals surface area contributed by atoms with Crippen LogP contribution in [-0.4, -0.2) is 22.3 Å². The Labute approximate surface area is 145 Å². The molecule has 3 aromatic rings. The molecular formula is C20H19FN2O2. The number of hydrogen-bond donors (Lipinski definition) is 0. The van der Waals surface area contributed by atoms with Gasteiger partial charge in [-0.2, -0.15) is 0 Å². The molecule has 1 aliphatic rings. The molecule has 2 heterocycles. The summed E-state index contributed by atoms with van der Waals surface area (Å²) in [5.74, 6) is 0.429. The van der Waals surface area contributed by atoms with Crippen molar-refractivity contribution in [1.82, 2.24) is 9.88 Å². The van der Waals surface area contributed by atoms with Crippen molar-refractivity contribution in [3.63, 3.8) is 0 Å². The first-order valence-corrected chi connectivity index (χ1v) is 8.62.